The van der Waals surface area contributed by atoms with Crippen molar-refractivity contribution >= 4 is 5.91 Å². The van der Waals surface area contributed by atoms with Gasteiger partial charge in [0.2, 0.25) is 12.7 Å². The van der Waals surface area contributed by atoms with E-state index in [4.69, 9.17) is 9.47 Å². The molecule has 22 heavy (non-hydrogen) atoms. The maximum atomic E-state index is 11.9. The van der Waals surface area contributed by atoms with Crippen molar-refractivity contribution in [1.29, 1.82) is 0 Å². The second kappa shape index (κ2) is 6.51. The molecule has 0 saturated heterocycles. The van der Waals surface area contributed by atoms with Crippen LogP contribution in [0.5, 0.6) is 11.5 Å². The van der Waals surface area contributed by atoms with Gasteiger partial charge in [-0.3, -0.25) is 4.79 Å². The Morgan fingerprint density at radius 1 is 1.32 bits per heavy atom. The summed E-state index contributed by atoms with van der Waals surface area (Å²) in [5.74, 6) is 2.54. The van der Waals surface area contributed by atoms with Gasteiger partial charge >= 0.3 is 0 Å². The van der Waals surface area contributed by atoms with Gasteiger partial charge in [-0.15, -0.1) is 0 Å². The van der Waals surface area contributed by atoms with Gasteiger partial charge in [-0.25, -0.2) is 4.98 Å². The molecule has 3 rings (SSSR count). The molecule has 1 N–H and O–H groups in total. The third-order valence-corrected chi connectivity index (χ3v) is 3.67. The number of hydrogen-bond acceptors (Lipinski definition) is 4. The van der Waals surface area contributed by atoms with Crippen molar-refractivity contribution in [2.75, 3.05) is 13.3 Å². The van der Waals surface area contributed by atoms with Crippen molar-refractivity contribution in [1.82, 2.24) is 14.9 Å². The van der Waals surface area contributed by atoms with E-state index in [1.54, 1.807) is 6.20 Å². The molecule has 2 heterocycles. The lowest BCUT2D eigenvalue weighted by Crippen LogP contribution is -2.26. The van der Waals surface area contributed by atoms with E-state index < -0.39 is 0 Å². The summed E-state index contributed by atoms with van der Waals surface area (Å²) >= 11 is 0. The van der Waals surface area contributed by atoms with Gasteiger partial charge in [0.25, 0.3) is 0 Å². The van der Waals surface area contributed by atoms with Gasteiger partial charge in [0.1, 0.15) is 5.82 Å². The number of ether oxygens (including phenoxy) is 2. The lowest BCUT2D eigenvalue weighted by Gasteiger charge is -2.06. The molecule has 6 nitrogen and oxygen atoms in total. The molecule has 1 aliphatic heterocycles. The van der Waals surface area contributed by atoms with Crippen LogP contribution in [0.25, 0.3) is 0 Å². The van der Waals surface area contributed by atoms with Crippen LogP contribution >= 0.6 is 0 Å². The molecule has 116 valence electrons. The molecular formula is C16H19N3O3. The van der Waals surface area contributed by atoms with E-state index in [0.717, 1.165) is 29.3 Å². The Kier molecular flexibility index (Phi) is 4.27. The summed E-state index contributed by atoms with van der Waals surface area (Å²) in [6.45, 7) is 0.872. The van der Waals surface area contributed by atoms with Gasteiger partial charge in [0.15, 0.2) is 11.5 Å². The molecule has 6 heteroatoms. The van der Waals surface area contributed by atoms with Gasteiger partial charge in [0, 0.05) is 38.8 Å². The number of fused-ring (bicyclic) bond motifs is 1. The van der Waals surface area contributed by atoms with Crippen LogP contribution in [0.4, 0.5) is 0 Å². The summed E-state index contributed by atoms with van der Waals surface area (Å²) in [4.78, 5) is 16.1. The zero-order valence-corrected chi connectivity index (χ0v) is 12.5. The molecule has 2 aromatic rings. The summed E-state index contributed by atoms with van der Waals surface area (Å²) in [7, 11) is 1.95. The van der Waals surface area contributed by atoms with E-state index in [-0.39, 0.29) is 12.7 Å². The van der Waals surface area contributed by atoms with Crippen LogP contribution in [0.15, 0.2) is 30.6 Å². The zero-order valence-electron chi connectivity index (χ0n) is 12.5. The van der Waals surface area contributed by atoms with E-state index in [1.165, 1.54) is 0 Å². The van der Waals surface area contributed by atoms with Crippen molar-refractivity contribution in [2.45, 2.75) is 19.3 Å². The molecule has 0 radical (unpaired) electrons. The molecule has 0 fully saturated rings. The Bertz CT molecular complexity index is 666. The minimum absolute atomic E-state index is 0.0480. The molecule has 0 spiro atoms. The molecule has 1 amide bonds. The van der Waals surface area contributed by atoms with Crippen LogP contribution in [0.2, 0.25) is 0 Å². The summed E-state index contributed by atoms with van der Waals surface area (Å²) in [5.41, 5.74) is 1.07. The minimum atomic E-state index is 0.0480. The fraction of sp³-hybridized carbons (Fsp3) is 0.375. The van der Waals surface area contributed by atoms with Crippen molar-refractivity contribution < 1.29 is 14.3 Å². The van der Waals surface area contributed by atoms with Gasteiger partial charge in [0.05, 0.1) is 0 Å². The fourth-order valence-corrected chi connectivity index (χ4v) is 2.39. The summed E-state index contributed by atoms with van der Waals surface area (Å²) in [6, 6.07) is 5.79. The van der Waals surface area contributed by atoms with E-state index in [0.29, 0.717) is 19.4 Å². The summed E-state index contributed by atoms with van der Waals surface area (Å²) in [6.07, 6.45) is 5.54. The predicted molar refractivity (Wildman–Crippen MR) is 80.8 cm³/mol. The molecule has 0 saturated carbocycles. The number of nitrogens with zero attached hydrogens (tertiary/aromatic N) is 2. The molecular weight excluding hydrogens is 282 g/mol. The van der Waals surface area contributed by atoms with Gasteiger partial charge in [-0.2, -0.15) is 0 Å². The number of carbonyl (C=O) groups is 1. The van der Waals surface area contributed by atoms with Crippen molar-refractivity contribution in [3.63, 3.8) is 0 Å². The van der Waals surface area contributed by atoms with Crippen LogP contribution in [-0.4, -0.2) is 28.8 Å². The van der Waals surface area contributed by atoms with E-state index in [2.05, 4.69) is 10.3 Å². The first kappa shape index (κ1) is 14.4. The average Bonchev–Trinajstić information content (AvgIpc) is 3.14. The molecule has 0 unspecified atom stereocenters. The highest BCUT2D eigenvalue weighted by atomic mass is 16.7. The standard InChI is InChI=1S/C16H19N3O3/c1-19-9-8-17-15(19)6-7-18-16(20)5-3-12-2-4-13-14(10-12)22-11-21-13/h2,4,8-10H,3,5-7,11H2,1H3,(H,18,20). The lowest BCUT2D eigenvalue weighted by molar-refractivity contribution is -0.121. The number of benzene rings is 1. The molecule has 0 bridgehead atoms. The Balaban J connectivity index is 1.41. The Labute approximate surface area is 129 Å². The Morgan fingerprint density at radius 3 is 3.00 bits per heavy atom. The van der Waals surface area contributed by atoms with Crippen molar-refractivity contribution in [3.8, 4) is 11.5 Å². The topological polar surface area (TPSA) is 65.4 Å². The quantitative estimate of drug-likeness (QED) is 0.877. The maximum absolute atomic E-state index is 11.9. The van der Waals surface area contributed by atoms with Gasteiger partial charge in [-0.1, -0.05) is 6.07 Å². The number of hydrogen-bond donors (Lipinski definition) is 1. The third-order valence-electron chi connectivity index (χ3n) is 3.67. The Morgan fingerprint density at radius 2 is 2.18 bits per heavy atom. The highest BCUT2D eigenvalue weighted by molar-refractivity contribution is 5.76. The van der Waals surface area contributed by atoms with Gasteiger partial charge in [-0.05, 0) is 24.1 Å². The average molecular weight is 301 g/mol. The smallest absolute Gasteiger partial charge is 0.231 e. The lowest BCUT2D eigenvalue weighted by atomic mass is 10.1. The van der Waals surface area contributed by atoms with Crippen LogP contribution in [-0.2, 0) is 24.7 Å². The normalized spacial score (nSPS) is 12.4. The molecule has 1 aliphatic rings. The summed E-state index contributed by atoms with van der Waals surface area (Å²) in [5, 5.41) is 2.92. The first-order valence-electron chi connectivity index (χ1n) is 7.34. The number of imidazole rings is 1. The number of nitrogens with one attached hydrogen (secondary N) is 1. The molecule has 1 aromatic heterocycles. The zero-order chi connectivity index (χ0) is 15.4. The predicted octanol–water partition coefficient (Wildman–Crippen LogP) is 1.44. The number of aromatic nitrogens is 2. The SMILES string of the molecule is Cn1ccnc1CCNC(=O)CCc1ccc2c(c1)OCO2. The monoisotopic (exact) mass is 301 g/mol. The number of rotatable bonds is 6. The minimum Gasteiger partial charge on any atom is -0.454 e. The van der Waals surface area contributed by atoms with Crippen LogP contribution in [0, 0.1) is 0 Å². The Hall–Kier alpha value is -2.50. The van der Waals surface area contributed by atoms with Crippen molar-refractivity contribution in [3.05, 3.63) is 42.0 Å². The first-order valence-corrected chi connectivity index (χ1v) is 7.34. The maximum Gasteiger partial charge on any atom is 0.231 e. The van der Waals surface area contributed by atoms with Crippen LogP contribution in [0.1, 0.15) is 17.8 Å². The first-order chi connectivity index (χ1) is 10.7. The largest absolute Gasteiger partial charge is 0.454 e. The highest BCUT2D eigenvalue weighted by Crippen LogP contribution is 2.32. The number of amides is 1. The van der Waals surface area contributed by atoms with Crippen LogP contribution in [0.3, 0.4) is 0 Å². The van der Waals surface area contributed by atoms with Crippen molar-refractivity contribution in [2.24, 2.45) is 7.05 Å². The van der Waals surface area contributed by atoms with E-state index in [1.807, 2.05) is 36.0 Å². The fourth-order valence-electron chi connectivity index (χ4n) is 2.39. The van der Waals surface area contributed by atoms with Gasteiger partial charge < -0.3 is 19.4 Å². The highest BCUT2D eigenvalue weighted by Gasteiger charge is 2.13. The number of aryl methyl sites for hydroxylation is 2. The molecule has 0 atom stereocenters. The van der Waals surface area contributed by atoms with E-state index >= 15 is 0 Å². The van der Waals surface area contributed by atoms with E-state index in [9.17, 15) is 4.79 Å². The third kappa shape index (κ3) is 3.39. The molecule has 1 aromatic carbocycles. The second-order valence-electron chi connectivity index (χ2n) is 5.24. The van der Waals surface area contributed by atoms with Crippen LogP contribution < -0.4 is 14.8 Å². The molecule has 0 aliphatic carbocycles. The second-order valence-corrected chi connectivity index (χ2v) is 5.24. The number of carbonyl (C=O) groups excluding carboxylic acids is 1. The summed E-state index contributed by atoms with van der Waals surface area (Å²) < 4.78 is 12.6.